The number of halogens is 2. The summed E-state index contributed by atoms with van der Waals surface area (Å²) < 4.78 is 50.1. The molecule has 122 valence electrons. The van der Waals surface area contributed by atoms with Gasteiger partial charge in [-0.05, 0) is 13.8 Å². The Bertz CT molecular complexity index is 279. The summed E-state index contributed by atoms with van der Waals surface area (Å²) in [5, 5.41) is 7.76. The first-order valence-corrected chi connectivity index (χ1v) is 4.80. The highest BCUT2D eigenvalue weighted by molar-refractivity contribution is 7.80. The second-order valence-corrected chi connectivity index (χ2v) is 2.87. The first-order valence-electron chi connectivity index (χ1n) is 3.49. The molecule has 0 aromatic rings. The maximum atomic E-state index is 11.0. The molecule has 7 nitrogen and oxygen atoms in total. The Morgan fingerprint density at radius 2 is 1.42 bits per heavy atom. The number of rotatable bonds is 2. The van der Waals surface area contributed by atoms with Gasteiger partial charge >= 0.3 is 5.97 Å². The molecule has 1 N–H and O–H groups in total. The molecule has 0 bridgehead atoms. The fraction of sp³-hybridized carbons (Fsp3) is 0.778. The summed E-state index contributed by atoms with van der Waals surface area (Å²) in [4.78, 5) is 19.1. The minimum absolute atomic E-state index is 0. The van der Waals surface area contributed by atoms with Gasteiger partial charge < -0.3 is 19.2 Å². The lowest BCUT2D eigenvalue weighted by molar-refractivity contribution is -0.152. The maximum Gasteiger partial charge on any atom is 0.339 e. The number of esters is 1. The number of hydrogen-bond donors (Lipinski definition) is 1. The van der Waals surface area contributed by atoms with Crippen LogP contribution in [0.4, 0.5) is 8.28 Å². The smallest absolute Gasteiger partial charge is 0.339 e. The predicted octanol–water partition coefficient (Wildman–Crippen LogP) is 1.37. The lowest BCUT2D eigenvalue weighted by atomic mass is 10.6. The monoisotopic (exact) mass is 313 g/mol. The molecule has 0 aliphatic heterocycles. The van der Waals surface area contributed by atoms with E-state index in [9.17, 15) is 17.9 Å². The van der Waals surface area contributed by atoms with E-state index in [1.54, 1.807) is 0 Å². The van der Waals surface area contributed by atoms with Crippen LogP contribution in [0.3, 0.4) is 0 Å². The van der Waals surface area contributed by atoms with Crippen molar-refractivity contribution in [1.82, 2.24) is 0 Å². The number of aliphatic hydroxyl groups excluding tert-OH is 1. The molecular weight excluding hydrogens is 290 g/mol. The number of hydrogen-bond acceptors (Lipinski definition) is 7. The maximum absolute atomic E-state index is 11.0. The molecule has 0 heterocycles. The minimum Gasteiger partial charge on any atom is -0.722 e. The van der Waals surface area contributed by atoms with E-state index in [1.165, 1.54) is 13.8 Å². The van der Waals surface area contributed by atoms with Crippen molar-refractivity contribution < 1.29 is 40.7 Å². The fourth-order valence-corrected chi connectivity index (χ4v) is 0.111. The van der Waals surface area contributed by atoms with E-state index in [1.807, 2.05) is 0 Å². The summed E-state index contributed by atoms with van der Waals surface area (Å²) >= 11 is 0. The van der Waals surface area contributed by atoms with Crippen LogP contribution in [-0.2, 0) is 24.8 Å². The van der Waals surface area contributed by atoms with Gasteiger partial charge in [-0.3, -0.25) is 0 Å². The van der Waals surface area contributed by atoms with Crippen LogP contribution in [0.2, 0.25) is 0 Å². The molecular formula is C9H23F2O7S-. The second-order valence-electron chi connectivity index (χ2n) is 2.08. The summed E-state index contributed by atoms with van der Waals surface area (Å²) in [5.41, 5.74) is 0. The van der Waals surface area contributed by atoms with Gasteiger partial charge in [0.25, 0.3) is 10.5 Å². The summed E-state index contributed by atoms with van der Waals surface area (Å²) in [6.07, 6.45) is 0. The van der Waals surface area contributed by atoms with E-state index in [4.69, 9.17) is 18.1 Å². The number of alkyl halides is 1. The highest BCUT2D eigenvalue weighted by atomic mass is 32.3. The van der Waals surface area contributed by atoms with Crippen molar-refractivity contribution in [3.05, 3.63) is 0 Å². The topological polar surface area (TPSA) is 121 Å². The Morgan fingerprint density at radius 1 is 1.21 bits per heavy atom. The van der Waals surface area contributed by atoms with Gasteiger partial charge in [0.1, 0.15) is 5.78 Å². The van der Waals surface area contributed by atoms with Gasteiger partial charge in [-0.1, -0.05) is 22.3 Å². The lowest BCUT2D eigenvalue weighted by Crippen LogP contribution is -2.06. The zero-order chi connectivity index (χ0) is 13.8. The number of aliphatic hydroxyl groups is 1. The van der Waals surface area contributed by atoms with Gasteiger partial charge in [0.15, 0.2) is 13.5 Å². The van der Waals surface area contributed by atoms with Crippen molar-refractivity contribution in [2.75, 3.05) is 13.5 Å². The van der Waals surface area contributed by atoms with Crippen molar-refractivity contribution in [1.29, 1.82) is 0 Å². The fourth-order valence-electron chi connectivity index (χ4n) is 0.111. The van der Waals surface area contributed by atoms with E-state index in [-0.39, 0.29) is 28.1 Å². The van der Waals surface area contributed by atoms with Crippen molar-refractivity contribution in [2.24, 2.45) is 0 Å². The summed E-state index contributed by atoms with van der Waals surface area (Å²) in [5.74, 6) is -0.873. The summed E-state index contributed by atoms with van der Waals surface area (Å²) in [6, 6.07) is 0. The molecule has 0 aromatic heterocycles. The van der Waals surface area contributed by atoms with Crippen LogP contribution in [0.15, 0.2) is 0 Å². The Hall–Kier alpha value is -1.13. The van der Waals surface area contributed by atoms with Gasteiger partial charge in [0.2, 0.25) is 0 Å². The molecule has 0 aromatic carbocycles. The molecule has 19 heavy (non-hydrogen) atoms. The molecule has 0 rings (SSSR count). The number of carbonyl (C=O) groups excluding carboxylic acids is 2. The van der Waals surface area contributed by atoms with Crippen LogP contribution < -0.4 is 0 Å². The van der Waals surface area contributed by atoms with Crippen LogP contribution in [-0.4, -0.2) is 43.3 Å². The van der Waals surface area contributed by atoms with Crippen LogP contribution in [0, 0.1) is 0 Å². The van der Waals surface area contributed by atoms with Crippen LogP contribution in [0.5, 0.6) is 0 Å². The molecule has 0 spiro atoms. The van der Waals surface area contributed by atoms with Gasteiger partial charge in [-0.25, -0.2) is 17.6 Å². The Morgan fingerprint density at radius 3 is 1.47 bits per heavy atom. The molecule has 0 unspecified atom stereocenters. The van der Waals surface area contributed by atoms with Crippen LogP contribution >= 0.6 is 0 Å². The van der Waals surface area contributed by atoms with Crippen molar-refractivity contribution >= 4 is 22.3 Å². The average molecular weight is 313 g/mol. The third-order valence-electron chi connectivity index (χ3n) is 0.335. The van der Waals surface area contributed by atoms with Crippen LogP contribution in [0.25, 0.3) is 0 Å². The Labute approximate surface area is 113 Å². The van der Waals surface area contributed by atoms with E-state index in [2.05, 4.69) is 4.74 Å². The quantitative estimate of drug-likeness (QED) is 0.353. The molecule has 0 saturated heterocycles. The van der Waals surface area contributed by atoms with E-state index < -0.39 is 29.9 Å². The highest BCUT2D eigenvalue weighted by Crippen LogP contribution is 1.74. The first-order chi connectivity index (χ1) is 7.04. The van der Waals surface area contributed by atoms with Gasteiger partial charge in [0, 0.05) is 0 Å². The molecule has 0 fully saturated rings. The third kappa shape index (κ3) is 249. The highest BCUT2D eigenvalue weighted by Gasteiger charge is 1.95. The van der Waals surface area contributed by atoms with E-state index in [0.717, 1.165) is 0 Å². The van der Waals surface area contributed by atoms with Crippen LogP contribution in [0.1, 0.15) is 36.1 Å². The summed E-state index contributed by atoms with van der Waals surface area (Å²) in [6.45, 7) is 1.13. The Kier molecular flexibility index (Phi) is 42.0. The molecule has 10 heteroatoms. The zero-order valence-corrected chi connectivity index (χ0v) is 9.29. The normalized spacial score (nSPS) is 7.47. The van der Waals surface area contributed by atoms with E-state index >= 15 is 0 Å². The summed E-state index contributed by atoms with van der Waals surface area (Å²) in [7, 11) is -5.42. The number of Topliss-reactive ketones (excluding diaryl/α,β-unsaturated/α-hetero) is 1. The Balaban J connectivity index is -0.0000000320. The third-order valence-corrected chi connectivity index (χ3v) is 0.335. The second kappa shape index (κ2) is 22.1. The van der Waals surface area contributed by atoms with E-state index in [0.29, 0.717) is 0 Å². The number of carbonyl (C=O) groups is 2. The largest absolute Gasteiger partial charge is 0.722 e. The molecule has 0 saturated carbocycles. The average Bonchev–Trinajstić information content (AvgIpc) is 2.00. The zero-order valence-electron chi connectivity index (χ0n) is 8.48. The molecule has 0 aliphatic carbocycles. The first kappa shape index (κ1) is 36.1. The predicted molar refractivity (Wildman–Crippen MR) is 66.5 cm³/mol. The number of ketones is 1. The van der Waals surface area contributed by atoms with Crippen molar-refractivity contribution in [3.63, 3.8) is 0 Å². The standard InChI is InChI=1S/C3H5FO3.C3H6O.3CH4.FHO3S/c4-1-3(6)7-2-5;1-3(2)4;;;;1-5(2,3)4/h5H,1-2H2;1-2H3;3*1H4;(H,2,3,4)/p-1. The van der Waals surface area contributed by atoms with Gasteiger partial charge in [-0.15, -0.1) is 3.89 Å². The SMILES string of the molecule is C.C.C.CC(C)=O.O=C(CF)OCO.O=S(=O)([O-])F. The van der Waals surface area contributed by atoms with Crippen molar-refractivity contribution in [2.45, 2.75) is 36.1 Å². The van der Waals surface area contributed by atoms with Gasteiger partial charge in [0.05, 0.1) is 0 Å². The molecule has 0 atom stereocenters. The minimum atomic E-state index is -5.42. The molecule has 0 radical (unpaired) electrons. The van der Waals surface area contributed by atoms with Crippen molar-refractivity contribution in [3.8, 4) is 0 Å². The van der Waals surface area contributed by atoms with Gasteiger partial charge in [-0.2, -0.15) is 0 Å². The molecule has 0 aliphatic rings. The molecule has 0 amide bonds. The number of ether oxygens (including phenoxy) is 1. The lowest BCUT2D eigenvalue weighted by Gasteiger charge is -1.91.